The Morgan fingerprint density at radius 3 is 2.75 bits per heavy atom. The maximum Gasteiger partial charge on any atom is 0.223 e. The monoisotopic (exact) mass is 438 g/mol. The number of carbonyl (C=O) groups is 1. The summed E-state index contributed by atoms with van der Waals surface area (Å²) in [5.74, 6) is 3.21. The zero-order valence-electron chi connectivity index (χ0n) is 20.8. The van der Waals surface area contributed by atoms with E-state index in [1.807, 2.05) is 26.2 Å². The Balaban J connectivity index is 0.00000119. The Labute approximate surface area is 194 Å². The molecule has 1 saturated carbocycles. The third kappa shape index (κ3) is 3.68. The highest BCUT2D eigenvalue weighted by molar-refractivity contribution is 5.78. The van der Waals surface area contributed by atoms with Gasteiger partial charge in [-0.3, -0.25) is 9.78 Å². The van der Waals surface area contributed by atoms with Crippen LogP contribution in [0, 0.1) is 23.2 Å². The maximum absolute atomic E-state index is 12.9. The van der Waals surface area contributed by atoms with Crippen LogP contribution in [-0.4, -0.2) is 34.5 Å². The molecule has 0 bridgehead atoms. The molecular weight excluding hydrogens is 396 g/mol. The van der Waals surface area contributed by atoms with Crippen molar-refractivity contribution in [1.29, 1.82) is 0 Å². The van der Waals surface area contributed by atoms with Crippen LogP contribution in [0.5, 0.6) is 5.75 Å². The van der Waals surface area contributed by atoms with Gasteiger partial charge in [0.05, 0.1) is 12.8 Å². The average molecular weight is 439 g/mol. The number of ether oxygens (including phenoxy) is 1. The number of pyridine rings is 1. The van der Waals surface area contributed by atoms with Gasteiger partial charge >= 0.3 is 0 Å². The zero-order valence-corrected chi connectivity index (χ0v) is 20.8. The predicted octanol–water partition coefficient (Wildman–Crippen LogP) is 6.51. The van der Waals surface area contributed by atoms with Crippen molar-refractivity contribution >= 4 is 11.5 Å². The van der Waals surface area contributed by atoms with Crippen LogP contribution >= 0.6 is 0 Å². The topological polar surface area (TPSA) is 42.4 Å². The van der Waals surface area contributed by atoms with Crippen molar-refractivity contribution < 1.29 is 9.53 Å². The normalized spacial score (nSPS) is 35.7. The first-order valence-electron chi connectivity index (χ1n) is 13.1. The van der Waals surface area contributed by atoms with E-state index in [0.717, 1.165) is 44.6 Å². The van der Waals surface area contributed by atoms with Crippen molar-refractivity contribution in [2.75, 3.05) is 13.2 Å². The van der Waals surface area contributed by atoms with Crippen LogP contribution < -0.4 is 4.74 Å². The van der Waals surface area contributed by atoms with E-state index >= 15 is 0 Å². The summed E-state index contributed by atoms with van der Waals surface area (Å²) >= 11 is 0. The molecule has 32 heavy (non-hydrogen) atoms. The van der Waals surface area contributed by atoms with E-state index in [2.05, 4.69) is 42.8 Å². The van der Waals surface area contributed by atoms with E-state index in [1.165, 1.54) is 36.8 Å². The third-order valence-electron chi connectivity index (χ3n) is 8.99. The number of nitrogens with zero attached hydrogens (tertiary/aromatic N) is 2. The first-order valence-corrected chi connectivity index (χ1v) is 13.1. The van der Waals surface area contributed by atoms with Crippen molar-refractivity contribution in [2.24, 2.45) is 23.2 Å². The molecule has 3 heterocycles. The number of aromatic nitrogens is 1. The Hall–Kier alpha value is -1.84. The molecule has 176 valence electrons. The highest BCUT2D eigenvalue weighted by Crippen LogP contribution is 2.63. The molecule has 0 N–H and O–H groups in total. The Kier molecular flexibility index (Phi) is 6.70. The highest BCUT2D eigenvalue weighted by atomic mass is 16.5. The molecule has 3 fully saturated rings. The number of fused-ring (bicyclic) bond motifs is 5. The molecule has 4 aliphatic rings. The van der Waals surface area contributed by atoms with Crippen molar-refractivity contribution in [3.05, 3.63) is 30.1 Å². The molecular formula is C28H42N2O2. The van der Waals surface area contributed by atoms with Crippen LogP contribution in [0.4, 0.5) is 0 Å². The summed E-state index contributed by atoms with van der Waals surface area (Å²) in [5, 5.41) is 0. The lowest BCUT2D eigenvalue weighted by atomic mass is 9.54. The van der Waals surface area contributed by atoms with Gasteiger partial charge in [-0.25, -0.2) is 0 Å². The summed E-state index contributed by atoms with van der Waals surface area (Å²) in [7, 11) is 0. The molecule has 2 aliphatic carbocycles. The quantitative estimate of drug-likeness (QED) is 0.538. The molecule has 4 heteroatoms. The van der Waals surface area contributed by atoms with Crippen LogP contribution in [0.15, 0.2) is 24.5 Å². The predicted molar refractivity (Wildman–Crippen MR) is 130 cm³/mol. The van der Waals surface area contributed by atoms with E-state index in [9.17, 15) is 4.79 Å². The second kappa shape index (κ2) is 9.19. The van der Waals surface area contributed by atoms with E-state index in [1.54, 1.807) is 0 Å². The number of hydrogen-bond acceptors (Lipinski definition) is 3. The molecule has 0 aromatic carbocycles. The Morgan fingerprint density at radius 2 is 1.97 bits per heavy atom. The largest absolute Gasteiger partial charge is 0.492 e. The standard InChI is InChI=1S/C26H36N2O2.C2H6/c1-4-14-30-19-15-18(16-27-17-19)21-7-8-22-20-6-9-24(29)28-13-5-11-26(28,3)23(20)10-12-25(21,22)2;1-2/h7,15-17,20,22-23H,4-6,8-14H2,1-3H3;1-2H3. The fraction of sp³-hybridized carbons (Fsp3) is 0.714. The molecule has 1 amide bonds. The summed E-state index contributed by atoms with van der Waals surface area (Å²) in [6.45, 7) is 12.7. The molecule has 1 aromatic heterocycles. The van der Waals surface area contributed by atoms with Gasteiger partial charge in [0.2, 0.25) is 5.91 Å². The number of rotatable bonds is 4. The first kappa shape index (κ1) is 23.3. The number of carbonyl (C=O) groups excluding carboxylic acids is 1. The molecule has 0 spiro atoms. The van der Waals surface area contributed by atoms with Gasteiger partial charge < -0.3 is 9.64 Å². The van der Waals surface area contributed by atoms with Gasteiger partial charge in [0, 0.05) is 24.7 Å². The van der Waals surface area contributed by atoms with Crippen LogP contribution in [0.2, 0.25) is 0 Å². The third-order valence-corrected chi connectivity index (χ3v) is 8.99. The van der Waals surface area contributed by atoms with Crippen molar-refractivity contribution in [3.8, 4) is 5.75 Å². The second-order valence-corrected chi connectivity index (χ2v) is 10.5. The molecule has 5 rings (SSSR count). The van der Waals surface area contributed by atoms with E-state index in [4.69, 9.17) is 4.74 Å². The number of hydrogen-bond donors (Lipinski definition) is 0. The highest BCUT2D eigenvalue weighted by Gasteiger charge is 2.58. The molecule has 2 saturated heterocycles. The van der Waals surface area contributed by atoms with Gasteiger partial charge in [-0.05, 0) is 92.2 Å². The lowest BCUT2D eigenvalue weighted by molar-refractivity contribution is -0.135. The van der Waals surface area contributed by atoms with Crippen molar-refractivity contribution in [1.82, 2.24) is 9.88 Å². The van der Waals surface area contributed by atoms with Crippen LogP contribution in [0.3, 0.4) is 0 Å². The minimum absolute atomic E-state index is 0.0811. The summed E-state index contributed by atoms with van der Waals surface area (Å²) in [6.07, 6.45) is 15.1. The summed E-state index contributed by atoms with van der Waals surface area (Å²) < 4.78 is 5.87. The van der Waals surface area contributed by atoms with Gasteiger partial charge in [-0.1, -0.05) is 33.8 Å². The molecule has 0 radical (unpaired) electrons. The molecule has 2 aliphatic heterocycles. The van der Waals surface area contributed by atoms with E-state index in [-0.39, 0.29) is 11.0 Å². The van der Waals surface area contributed by atoms with E-state index < -0.39 is 0 Å². The number of amides is 1. The summed E-state index contributed by atoms with van der Waals surface area (Å²) in [4.78, 5) is 19.7. The van der Waals surface area contributed by atoms with Crippen molar-refractivity contribution in [3.63, 3.8) is 0 Å². The van der Waals surface area contributed by atoms with E-state index in [0.29, 0.717) is 23.7 Å². The summed E-state index contributed by atoms with van der Waals surface area (Å²) in [6, 6.07) is 2.19. The fourth-order valence-corrected chi connectivity index (χ4v) is 7.55. The summed E-state index contributed by atoms with van der Waals surface area (Å²) in [5.41, 5.74) is 2.95. The second-order valence-electron chi connectivity index (χ2n) is 10.5. The van der Waals surface area contributed by atoms with Gasteiger partial charge in [-0.2, -0.15) is 0 Å². The maximum atomic E-state index is 12.9. The van der Waals surface area contributed by atoms with Gasteiger partial charge in [0.1, 0.15) is 5.75 Å². The molecule has 1 aromatic rings. The minimum atomic E-state index is 0.0811. The molecule has 4 nitrogen and oxygen atoms in total. The van der Waals surface area contributed by atoms with Gasteiger partial charge in [0.25, 0.3) is 0 Å². The van der Waals surface area contributed by atoms with Gasteiger partial charge in [-0.15, -0.1) is 0 Å². The fourth-order valence-electron chi connectivity index (χ4n) is 7.55. The zero-order chi connectivity index (χ0) is 22.9. The smallest absolute Gasteiger partial charge is 0.223 e. The van der Waals surface area contributed by atoms with Crippen LogP contribution in [0.25, 0.3) is 5.57 Å². The SMILES string of the molecule is CC.CCCOc1cncc(C2=CCC3C4CCC(=O)N5CCCC5(C)C4CCC23C)c1. The Bertz CT molecular complexity index is 865. The van der Waals surface area contributed by atoms with Crippen LogP contribution in [-0.2, 0) is 4.79 Å². The van der Waals surface area contributed by atoms with Crippen LogP contribution in [0.1, 0.15) is 91.5 Å². The lowest BCUT2D eigenvalue weighted by Crippen LogP contribution is -2.53. The lowest BCUT2D eigenvalue weighted by Gasteiger charge is -2.53. The molecule has 5 unspecified atom stereocenters. The Morgan fingerprint density at radius 1 is 1.16 bits per heavy atom. The minimum Gasteiger partial charge on any atom is -0.492 e. The number of allylic oxidation sites excluding steroid dienone is 2. The average Bonchev–Trinajstić information content (AvgIpc) is 3.35. The first-order chi connectivity index (χ1) is 15.5. The van der Waals surface area contributed by atoms with Gasteiger partial charge in [0.15, 0.2) is 0 Å². The van der Waals surface area contributed by atoms with Crippen molar-refractivity contribution in [2.45, 2.75) is 91.5 Å². The molecule has 5 atom stereocenters.